The van der Waals surface area contributed by atoms with Crippen molar-refractivity contribution in [3.05, 3.63) is 23.8 Å². The quantitative estimate of drug-likeness (QED) is 0.708. The summed E-state index contributed by atoms with van der Waals surface area (Å²) in [5.41, 5.74) is 0.644. The molecule has 124 valence electrons. The Labute approximate surface area is 130 Å². The van der Waals surface area contributed by atoms with Gasteiger partial charge in [0.1, 0.15) is 16.7 Å². The van der Waals surface area contributed by atoms with Crippen molar-refractivity contribution in [1.29, 1.82) is 0 Å². The number of methoxy groups -OCH3 is 2. The van der Waals surface area contributed by atoms with E-state index in [0.29, 0.717) is 12.0 Å². The third-order valence-electron chi connectivity index (χ3n) is 3.00. The largest absolute Gasteiger partial charge is 0.495 e. The molecule has 0 bridgehead atoms. The SMILES string of the molecule is CCCC(NS(=O)(=O)c1cc(COC)ccc1OC)C(=O)O. The monoisotopic (exact) mass is 331 g/mol. The average Bonchev–Trinajstić information content (AvgIpc) is 2.47. The first kappa shape index (κ1) is 18.4. The summed E-state index contributed by atoms with van der Waals surface area (Å²) < 4.78 is 37.2. The molecule has 8 heteroatoms. The number of hydrogen-bond donors (Lipinski definition) is 2. The Balaban J connectivity index is 3.19. The molecule has 0 aliphatic rings. The van der Waals surface area contributed by atoms with Crippen LogP contribution in [0.3, 0.4) is 0 Å². The lowest BCUT2D eigenvalue weighted by molar-refractivity contribution is -0.139. The molecule has 0 saturated heterocycles. The molecule has 0 heterocycles. The predicted molar refractivity (Wildman–Crippen MR) is 80.4 cm³/mol. The maximum absolute atomic E-state index is 12.5. The molecular weight excluding hydrogens is 310 g/mol. The average molecular weight is 331 g/mol. The van der Waals surface area contributed by atoms with Crippen LogP contribution in [0.15, 0.2) is 23.1 Å². The van der Waals surface area contributed by atoms with Crippen molar-refractivity contribution in [1.82, 2.24) is 4.72 Å². The van der Waals surface area contributed by atoms with E-state index in [4.69, 9.17) is 14.6 Å². The highest BCUT2D eigenvalue weighted by Gasteiger charge is 2.27. The Kier molecular flexibility index (Phi) is 6.79. The number of hydrogen-bond acceptors (Lipinski definition) is 5. The summed E-state index contributed by atoms with van der Waals surface area (Å²) in [7, 11) is -1.17. The van der Waals surface area contributed by atoms with Crippen LogP contribution in [-0.2, 0) is 26.2 Å². The topological polar surface area (TPSA) is 102 Å². The highest BCUT2D eigenvalue weighted by atomic mass is 32.2. The highest BCUT2D eigenvalue weighted by Crippen LogP contribution is 2.25. The zero-order chi connectivity index (χ0) is 16.8. The van der Waals surface area contributed by atoms with Crippen molar-refractivity contribution in [2.75, 3.05) is 14.2 Å². The Morgan fingerprint density at radius 2 is 2.05 bits per heavy atom. The van der Waals surface area contributed by atoms with Gasteiger partial charge in [-0.05, 0) is 24.1 Å². The predicted octanol–water partition coefficient (Wildman–Crippen LogP) is 1.37. The summed E-state index contributed by atoms with van der Waals surface area (Å²) in [6.07, 6.45) is 0.745. The Morgan fingerprint density at radius 3 is 2.55 bits per heavy atom. The maximum atomic E-state index is 12.5. The number of ether oxygens (including phenoxy) is 2. The molecule has 0 aromatic heterocycles. The van der Waals surface area contributed by atoms with E-state index >= 15 is 0 Å². The number of sulfonamides is 1. The maximum Gasteiger partial charge on any atom is 0.321 e. The zero-order valence-electron chi connectivity index (χ0n) is 12.8. The molecule has 1 aromatic carbocycles. The van der Waals surface area contributed by atoms with Crippen molar-refractivity contribution in [2.45, 2.75) is 37.3 Å². The highest BCUT2D eigenvalue weighted by molar-refractivity contribution is 7.89. The van der Waals surface area contributed by atoms with E-state index < -0.39 is 22.0 Å². The minimum absolute atomic E-state index is 0.105. The van der Waals surface area contributed by atoms with Gasteiger partial charge in [-0.3, -0.25) is 4.79 Å². The molecule has 1 aromatic rings. The summed E-state index contributed by atoms with van der Waals surface area (Å²) >= 11 is 0. The number of aliphatic carboxylic acids is 1. The number of carboxylic acid groups (broad SMARTS) is 1. The van der Waals surface area contributed by atoms with Crippen molar-refractivity contribution < 1.29 is 27.8 Å². The first-order valence-corrected chi connectivity index (χ1v) is 8.25. The Bertz CT molecular complexity index is 614. The minimum atomic E-state index is -4.02. The molecular formula is C14H21NO6S. The van der Waals surface area contributed by atoms with Crippen molar-refractivity contribution in [3.8, 4) is 5.75 Å². The van der Waals surface area contributed by atoms with Gasteiger partial charge >= 0.3 is 5.97 Å². The minimum Gasteiger partial charge on any atom is -0.495 e. The molecule has 1 unspecified atom stereocenters. The smallest absolute Gasteiger partial charge is 0.321 e. The first-order valence-electron chi connectivity index (χ1n) is 6.76. The van der Waals surface area contributed by atoms with E-state index in [1.165, 1.54) is 26.4 Å². The Morgan fingerprint density at radius 1 is 1.36 bits per heavy atom. The number of nitrogens with one attached hydrogen (secondary N) is 1. The van der Waals surface area contributed by atoms with Crippen LogP contribution in [0.2, 0.25) is 0 Å². The lowest BCUT2D eigenvalue weighted by Gasteiger charge is -2.16. The van der Waals surface area contributed by atoms with Crippen molar-refractivity contribution in [2.24, 2.45) is 0 Å². The van der Waals surface area contributed by atoms with Crippen LogP contribution >= 0.6 is 0 Å². The normalized spacial score (nSPS) is 12.9. The lowest BCUT2D eigenvalue weighted by atomic mass is 10.2. The molecule has 7 nitrogen and oxygen atoms in total. The third kappa shape index (κ3) is 4.69. The second-order valence-electron chi connectivity index (χ2n) is 4.72. The molecule has 1 rings (SSSR count). The molecule has 0 amide bonds. The van der Waals surface area contributed by atoms with Gasteiger partial charge in [0, 0.05) is 7.11 Å². The molecule has 1 atom stereocenters. The zero-order valence-corrected chi connectivity index (χ0v) is 13.6. The van der Waals surface area contributed by atoms with Crippen LogP contribution in [0.4, 0.5) is 0 Å². The standard InChI is InChI=1S/C14H21NO6S/c1-4-5-11(14(16)17)15-22(18,19)13-8-10(9-20-2)6-7-12(13)21-3/h6-8,11,15H,4-5,9H2,1-3H3,(H,16,17). The van der Waals surface area contributed by atoms with Crippen LogP contribution in [0, 0.1) is 0 Å². The molecule has 0 fully saturated rings. The number of carbonyl (C=O) groups is 1. The van der Waals surface area contributed by atoms with E-state index in [9.17, 15) is 13.2 Å². The van der Waals surface area contributed by atoms with Gasteiger partial charge in [-0.2, -0.15) is 4.72 Å². The summed E-state index contributed by atoms with van der Waals surface area (Å²) in [4.78, 5) is 11.0. The van der Waals surface area contributed by atoms with E-state index in [1.807, 2.05) is 0 Å². The molecule has 2 N–H and O–H groups in total. The summed E-state index contributed by atoms with van der Waals surface area (Å²) in [6, 6.07) is 3.43. The molecule has 0 aliphatic carbocycles. The van der Waals surface area contributed by atoms with Gasteiger partial charge in [-0.1, -0.05) is 19.4 Å². The van der Waals surface area contributed by atoms with Crippen LogP contribution in [0.5, 0.6) is 5.75 Å². The van der Waals surface area contributed by atoms with Crippen LogP contribution in [0.1, 0.15) is 25.3 Å². The van der Waals surface area contributed by atoms with Gasteiger partial charge in [0.25, 0.3) is 0 Å². The lowest BCUT2D eigenvalue weighted by Crippen LogP contribution is -2.40. The number of carboxylic acids is 1. The fourth-order valence-electron chi connectivity index (χ4n) is 1.96. The molecule has 0 spiro atoms. The van der Waals surface area contributed by atoms with Crippen LogP contribution in [-0.4, -0.2) is 39.8 Å². The van der Waals surface area contributed by atoms with Gasteiger partial charge in [-0.25, -0.2) is 8.42 Å². The molecule has 0 radical (unpaired) electrons. The second kappa shape index (κ2) is 8.11. The van der Waals surface area contributed by atoms with Crippen molar-refractivity contribution in [3.63, 3.8) is 0 Å². The number of rotatable bonds is 9. The Hall–Kier alpha value is -1.64. The van der Waals surface area contributed by atoms with E-state index in [1.54, 1.807) is 13.0 Å². The van der Waals surface area contributed by atoms with Gasteiger partial charge in [0.15, 0.2) is 0 Å². The van der Waals surface area contributed by atoms with Crippen molar-refractivity contribution >= 4 is 16.0 Å². The van der Waals surface area contributed by atoms with Crippen LogP contribution < -0.4 is 9.46 Å². The first-order chi connectivity index (χ1) is 10.4. The fourth-order valence-corrected chi connectivity index (χ4v) is 3.40. The van der Waals surface area contributed by atoms with E-state index in [2.05, 4.69) is 4.72 Å². The van der Waals surface area contributed by atoms with Gasteiger partial charge in [-0.15, -0.1) is 0 Å². The third-order valence-corrected chi connectivity index (χ3v) is 4.49. The summed E-state index contributed by atoms with van der Waals surface area (Å²) in [6.45, 7) is 2.02. The van der Waals surface area contributed by atoms with Crippen LogP contribution in [0.25, 0.3) is 0 Å². The van der Waals surface area contributed by atoms with E-state index in [0.717, 1.165) is 0 Å². The van der Waals surface area contributed by atoms with E-state index in [-0.39, 0.29) is 23.7 Å². The summed E-state index contributed by atoms with van der Waals surface area (Å²) in [5, 5.41) is 9.10. The summed E-state index contributed by atoms with van der Waals surface area (Å²) in [5.74, 6) is -1.06. The van der Waals surface area contributed by atoms with Gasteiger partial charge in [0.2, 0.25) is 10.0 Å². The van der Waals surface area contributed by atoms with Gasteiger partial charge in [0.05, 0.1) is 13.7 Å². The molecule has 0 saturated carbocycles. The van der Waals surface area contributed by atoms with Gasteiger partial charge < -0.3 is 14.6 Å². The fraction of sp³-hybridized carbons (Fsp3) is 0.500. The molecule has 0 aliphatic heterocycles. The molecule has 22 heavy (non-hydrogen) atoms. The second-order valence-corrected chi connectivity index (χ2v) is 6.40. The number of benzene rings is 1.